The van der Waals surface area contributed by atoms with E-state index in [-0.39, 0.29) is 23.8 Å². The summed E-state index contributed by atoms with van der Waals surface area (Å²) in [6, 6.07) is 0. The summed E-state index contributed by atoms with van der Waals surface area (Å²) in [5.74, 6) is -0.912. The molecule has 0 aromatic carbocycles. The van der Waals surface area contributed by atoms with Crippen molar-refractivity contribution in [1.29, 1.82) is 0 Å². The van der Waals surface area contributed by atoms with Crippen molar-refractivity contribution in [3.05, 3.63) is 12.2 Å². The van der Waals surface area contributed by atoms with Crippen LogP contribution in [0.5, 0.6) is 0 Å². The quantitative estimate of drug-likeness (QED) is 0.117. The van der Waals surface area contributed by atoms with E-state index < -0.39 is 0 Å². The highest BCUT2D eigenvalue weighted by molar-refractivity contribution is 5.96. The number of carbonyl (C=O) groups excluding carboxylic acids is 2. The Labute approximate surface area is 167 Å². The van der Waals surface area contributed by atoms with Gasteiger partial charge in [0.05, 0.1) is 11.8 Å². The smallest absolute Gasteiger partial charge is 0.317 e. The second-order valence-corrected chi connectivity index (χ2v) is 8.11. The molecule has 156 valence electrons. The zero-order valence-corrected chi connectivity index (χ0v) is 17.8. The number of ether oxygens (including phenoxy) is 1. The van der Waals surface area contributed by atoms with Gasteiger partial charge in [0.1, 0.15) is 0 Å². The van der Waals surface area contributed by atoms with Gasteiger partial charge in [-0.15, -0.1) is 0 Å². The van der Waals surface area contributed by atoms with E-state index in [0.29, 0.717) is 0 Å². The number of rotatable bonds is 17. The molecular weight excluding hydrogens is 336 g/mol. The van der Waals surface area contributed by atoms with Crippen LogP contribution in [0.15, 0.2) is 12.2 Å². The third kappa shape index (κ3) is 10.7. The fourth-order valence-corrected chi connectivity index (χ4v) is 3.90. The summed E-state index contributed by atoms with van der Waals surface area (Å²) in [6.07, 6.45) is 23.5. The molecule has 1 heterocycles. The lowest BCUT2D eigenvalue weighted by Crippen LogP contribution is -2.17. The Morgan fingerprint density at radius 1 is 0.630 bits per heavy atom. The summed E-state index contributed by atoms with van der Waals surface area (Å²) in [6.45, 7) is 4.37. The third-order valence-corrected chi connectivity index (χ3v) is 5.69. The molecule has 2 atom stereocenters. The van der Waals surface area contributed by atoms with Crippen molar-refractivity contribution in [3.63, 3.8) is 0 Å². The molecule has 3 heteroatoms. The minimum atomic E-state index is -0.282. The average molecular weight is 379 g/mol. The van der Waals surface area contributed by atoms with Crippen molar-refractivity contribution < 1.29 is 14.3 Å². The van der Waals surface area contributed by atoms with Gasteiger partial charge in [0.15, 0.2) is 0 Å². The van der Waals surface area contributed by atoms with Crippen LogP contribution in [-0.4, -0.2) is 11.9 Å². The maximum atomic E-state index is 11.9. The first-order valence-electron chi connectivity index (χ1n) is 11.6. The Morgan fingerprint density at radius 3 is 1.63 bits per heavy atom. The number of carbonyl (C=O) groups is 2. The fourth-order valence-electron chi connectivity index (χ4n) is 3.90. The molecular formula is C24H42O3. The molecule has 3 nitrogen and oxygen atoms in total. The lowest BCUT2D eigenvalue weighted by molar-refractivity contribution is -0.153. The van der Waals surface area contributed by atoms with Gasteiger partial charge in [-0.25, -0.2) is 0 Å². The predicted molar refractivity (Wildman–Crippen MR) is 112 cm³/mol. The molecule has 0 saturated carbocycles. The van der Waals surface area contributed by atoms with Crippen LogP contribution in [-0.2, 0) is 14.3 Å². The third-order valence-electron chi connectivity index (χ3n) is 5.69. The van der Waals surface area contributed by atoms with E-state index in [1.807, 2.05) is 0 Å². The molecule has 0 aliphatic carbocycles. The lowest BCUT2D eigenvalue weighted by Gasteiger charge is -2.12. The second kappa shape index (κ2) is 15.9. The first-order valence-corrected chi connectivity index (χ1v) is 11.6. The lowest BCUT2D eigenvalue weighted by atomic mass is 9.86. The SMILES string of the molecule is CCCCCCCC=CCCCCCCCC1C(=O)OC(=O)C1CCCC. The zero-order valence-electron chi connectivity index (χ0n) is 17.8. The zero-order chi connectivity index (χ0) is 19.7. The first-order chi connectivity index (χ1) is 13.2. The van der Waals surface area contributed by atoms with Gasteiger partial charge in [-0.05, 0) is 38.5 Å². The highest BCUT2D eigenvalue weighted by Crippen LogP contribution is 2.32. The molecule has 0 spiro atoms. The van der Waals surface area contributed by atoms with Gasteiger partial charge < -0.3 is 4.74 Å². The second-order valence-electron chi connectivity index (χ2n) is 8.11. The van der Waals surface area contributed by atoms with Crippen molar-refractivity contribution in [2.75, 3.05) is 0 Å². The van der Waals surface area contributed by atoms with Crippen LogP contribution in [0.2, 0.25) is 0 Å². The van der Waals surface area contributed by atoms with E-state index in [0.717, 1.165) is 38.5 Å². The van der Waals surface area contributed by atoms with Gasteiger partial charge in [-0.3, -0.25) is 9.59 Å². The number of allylic oxidation sites excluding steroid dienone is 2. The van der Waals surface area contributed by atoms with Crippen LogP contribution in [0.3, 0.4) is 0 Å². The van der Waals surface area contributed by atoms with Crippen LogP contribution >= 0.6 is 0 Å². The number of cyclic esters (lactones) is 2. The molecule has 0 amide bonds. The van der Waals surface area contributed by atoms with Crippen LogP contribution in [0.25, 0.3) is 0 Å². The molecule has 2 unspecified atom stereocenters. The molecule has 1 saturated heterocycles. The van der Waals surface area contributed by atoms with Gasteiger partial charge in [-0.1, -0.05) is 90.2 Å². The molecule has 0 N–H and O–H groups in total. The van der Waals surface area contributed by atoms with Crippen molar-refractivity contribution in [1.82, 2.24) is 0 Å². The maximum Gasteiger partial charge on any atom is 0.317 e. The van der Waals surface area contributed by atoms with E-state index in [1.54, 1.807) is 0 Å². The Bertz CT molecular complexity index is 427. The van der Waals surface area contributed by atoms with Gasteiger partial charge in [0.2, 0.25) is 0 Å². The monoisotopic (exact) mass is 378 g/mol. The van der Waals surface area contributed by atoms with Crippen molar-refractivity contribution in [3.8, 4) is 0 Å². The normalized spacial score (nSPS) is 19.9. The van der Waals surface area contributed by atoms with Gasteiger partial charge >= 0.3 is 11.9 Å². The summed E-state index contributed by atoms with van der Waals surface area (Å²) in [5.41, 5.74) is 0. The van der Waals surface area contributed by atoms with Crippen molar-refractivity contribution >= 4 is 11.9 Å². The summed E-state index contributed by atoms with van der Waals surface area (Å²) < 4.78 is 4.87. The number of hydrogen-bond donors (Lipinski definition) is 0. The Kier molecular flexibility index (Phi) is 14.1. The highest BCUT2D eigenvalue weighted by atomic mass is 16.6. The molecule has 0 bridgehead atoms. The van der Waals surface area contributed by atoms with E-state index in [1.165, 1.54) is 64.2 Å². The van der Waals surface area contributed by atoms with Gasteiger partial charge in [-0.2, -0.15) is 0 Å². The van der Waals surface area contributed by atoms with Crippen LogP contribution in [0.4, 0.5) is 0 Å². The molecule has 1 aliphatic heterocycles. The summed E-state index contributed by atoms with van der Waals surface area (Å²) in [4.78, 5) is 23.7. The molecule has 0 aromatic rings. The Hall–Kier alpha value is -1.12. The predicted octanol–water partition coefficient (Wildman–Crippen LogP) is 7.14. The number of unbranched alkanes of at least 4 members (excludes halogenated alkanes) is 11. The Balaban J connectivity index is 1.99. The number of esters is 2. The standard InChI is InChI=1S/C24H42O3/c1-3-5-7-8-9-10-11-12-13-14-15-16-17-18-20-22-21(19-6-4-2)23(25)27-24(22)26/h11-12,21-22H,3-10,13-20H2,1-2H3. The molecule has 1 aliphatic rings. The molecule has 0 radical (unpaired) electrons. The minimum Gasteiger partial charge on any atom is -0.393 e. The van der Waals surface area contributed by atoms with Crippen molar-refractivity contribution in [2.24, 2.45) is 11.8 Å². The molecule has 27 heavy (non-hydrogen) atoms. The van der Waals surface area contributed by atoms with Gasteiger partial charge in [0, 0.05) is 0 Å². The minimum absolute atomic E-state index is 0.176. The fraction of sp³-hybridized carbons (Fsp3) is 0.833. The average Bonchev–Trinajstić information content (AvgIpc) is 2.93. The largest absolute Gasteiger partial charge is 0.393 e. The van der Waals surface area contributed by atoms with E-state index >= 15 is 0 Å². The number of hydrogen-bond acceptors (Lipinski definition) is 3. The molecule has 1 rings (SSSR count). The van der Waals surface area contributed by atoms with E-state index in [2.05, 4.69) is 26.0 Å². The first kappa shape index (κ1) is 23.9. The van der Waals surface area contributed by atoms with Gasteiger partial charge in [0.25, 0.3) is 0 Å². The van der Waals surface area contributed by atoms with E-state index in [9.17, 15) is 9.59 Å². The van der Waals surface area contributed by atoms with Crippen LogP contribution in [0, 0.1) is 11.8 Å². The van der Waals surface area contributed by atoms with Crippen LogP contribution < -0.4 is 0 Å². The summed E-state index contributed by atoms with van der Waals surface area (Å²) in [7, 11) is 0. The summed E-state index contributed by atoms with van der Waals surface area (Å²) in [5, 5.41) is 0. The molecule has 1 fully saturated rings. The highest BCUT2D eigenvalue weighted by Gasteiger charge is 2.42. The van der Waals surface area contributed by atoms with Crippen LogP contribution in [0.1, 0.15) is 117 Å². The summed E-state index contributed by atoms with van der Waals surface area (Å²) >= 11 is 0. The Morgan fingerprint density at radius 2 is 1.07 bits per heavy atom. The van der Waals surface area contributed by atoms with Crippen molar-refractivity contribution in [2.45, 2.75) is 117 Å². The molecule has 0 aromatic heterocycles. The maximum absolute atomic E-state index is 11.9. The topological polar surface area (TPSA) is 43.4 Å². The van der Waals surface area contributed by atoms with E-state index in [4.69, 9.17) is 4.74 Å².